The van der Waals surface area contributed by atoms with Gasteiger partial charge in [0, 0.05) is 39.3 Å². The summed E-state index contributed by atoms with van der Waals surface area (Å²) in [5.74, 6) is 0.788. The van der Waals surface area contributed by atoms with E-state index in [4.69, 9.17) is 16.3 Å². The number of ether oxygens (including phenoxy) is 1. The van der Waals surface area contributed by atoms with Crippen molar-refractivity contribution >= 4 is 45.8 Å². The van der Waals surface area contributed by atoms with Crippen molar-refractivity contribution in [1.29, 1.82) is 0 Å². The molecule has 6 heteroatoms. The molecule has 0 aromatic heterocycles. The van der Waals surface area contributed by atoms with E-state index in [0.717, 1.165) is 11.3 Å². The minimum absolute atomic E-state index is 0. The molecule has 1 unspecified atom stereocenters. The molecule has 1 amide bonds. The first kappa shape index (κ1) is 20.1. The fraction of sp³-hybridized carbons (Fsp3) is 0.312. The van der Waals surface area contributed by atoms with Crippen LogP contribution in [0, 0.1) is 6.08 Å². The van der Waals surface area contributed by atoms with E-state index in [9.17, 15) is 4.79 Å². The molecule has 0 bridgehead atoms. The third-order valence-corrected chi connectivity index (χ3v) is 4.42. The summed E-state index contributed by atoms with van der Waals surface area (Å²) in [6, 6.07) is 5.46. The van der Waals surface area contributed by atoms with Crippen molar-refractivity contribution in [3.05, 3.63) is 47.5 Å². The molecule has 1 atom stereocenters. The van der Waals surface area contributed by atoms with E-state index >= 15 is 0 Å². The van der Waals surface area contributed by atoms with Crippen molar-refractivity contribution < 1.29 is 42.2 Å². The zero-order chi connectivity index (χ0) is 15.4. The molecule has 0 saturated heterocycles. The molecule has 0 fully saturated rings. The molecule has 22 heavy (non-hydrogen) atoms. The largest absolute Gasteiger partial charge is 0.490 e. The topological polar surface area (TPSA) is 29.5 Å². The predicted octanol–water partition coefficient (Wildman–Crippen LogP) is 4.10. The van der Waals surface area contributed by atoms with Gasteiger partial charge < -0.3 is 9.64 Å². The Balaban J connectivity index is 0.00000242. The number of carbonyl (C=O) groups excluding carboxylic acids is 1. The van der Waals surface area contributed by atoms with Crippen LogP contribution in [0.2, 0.25) is 5.02 Å². The molecule has 0 aliphatic carbocycles. The van der Waals surface area contributed by atoms with E-state index in [1.165, 1.54) is 0 Å². The van der Waals surface area contributed by atoms with Crippen molar-refractivity contribution in [3.8, 4) is 5.75 Å². The molecule has 3 nitrogen and oxygen atoms in total. The number of alkyl halides is 1. The minimum Gasteiger partial charge on any atom is -0.490 e. The molecule has 1 aromatic carbocycles. The quantitative estimate of drug-likeness (QED) is 0.261. The van der Waals surface area contributed by atoms with Crippen LogP contribution in [0.3, 0.4) is 0 Å². The van der Waals surface area contributed by atoms with E-state index in [1.807, 2.05) is 19.1 Å². The second kappa shape index (κ2) is 9.40. The van der Waals surface area contributed by atoms with Gasteiger partial charge in [-0.05, 0) is 24.1 Å². The van der Waals surface area contributed by atoms with Crippen LogP contribution in [0.5, 0.6) is 5.75 Å². The second-order valence-electron chi connectivity index (χ2n) is 4.52. The van der Waals surface area contributed by atoms with Crippen LogP contribution in [0.4, 0.5) is 0 Å². The first-order chi connectivity index (χ1) is 10.1. The van der Waals surface area contributed by atoms with Crippen molar-refractivity contribution in [2.24, 2.45) is 0 Å². The summed E-state index contributed by atoms with van der Waals surface area (Å²) >= 11 is 8.49. The van der Waals surface area contributed by atoms with Gasteiger partial charge in [-0.25, -0.2) is 6.08 Å². The number of carbonyl (C=O) groups is 1. The van der Waals surface area contributed by atoms with Gasteiger partial charge in [-0.1, -0.05) is 41.7 Å². The zero-order valence-electron chi connectivity index (χ0n) is 12.3. The third-order valence-electron chi connectivity index (χ3n) is 3.13. The van der Waals surface area contributed by atoms with Gasteiger partial charge in [0.1, 0.15) is 12.4 Å². The van der Waals surface area contributed by atoms with E-state index in [0.29, 0.717) is 30.3 Å². The molecular formula is C16H16ClINO2Y-. The fourth-order valence-corrected chi connectivity index (χ4v) is 2.95. The van der Waals surface area contributed by atoms with Gasteiger partial charge in [0.25, 0.3) is 0 Å². The number of rotatable bonds is 5. The summed E-state index contributed by atoms with van der Waals surface area (Å²) < 4.78 is 5.40. The van der Waals surface area contributed by atoms with Gasteiger partial charge in [-0.15, -0.1) is 28.9 Å². The average Bonchev–Trinajstić information content (AvgIpc) is 2.48. The molecule has 115 valence electrons. The first-order valence-corrected chi connectivity index (χ1v) is 8.30. The number of amides is 1. The zero-order valence-corrected chi connectivity index (χ0v) is 18.1. The summed E-state index contributed by atoms with van der Waals surface area (Å²) in [6.45, 7) is 6.59. The smallest absolute Gasteiger partial charge is 0.235 e. The van der Waals surface area contributed by atoms with Crippen molar-refractivity contribution in [1.82, 2.24) is 4.90 Å². The summed E-state index contributed by atoms with van der Waals surface area (Å²) in [6.07, 6.45) is 5.58. The third kappa shape index (κ3) is 4.56. The SMILES string of the molecule is C=CCOc1ccc(C2=[C-]CC(I)C(=O)N2CC)c(Cl)c1.[Y]. The molecule has 1 aliphatic rings. The van der Waals surface area contributed by atoms with Crippen LogP contribution >= 0.6 is 34.2 Å². The van der Waals surface area contributed by atoms with Crippen molar-refractivity contribution in [2.45, 2.75) is 17.3 Å². The van der Waals surface area contributed by atoms with E-state index in [-0.39, 0.29) is 42.5 Å². The Labute approximate surface area is 175 Å². The summed E-state index contributed by atoms with van der Waals surface area (Å²) in [4.78, 5) is 14.0. The van der Waals surface area contributed by atoms with E-state index in [1.54, 1.807) is 17.0 Å². The van der Waals surface area contributed by atoms with E-state index in [2.05, 4.69) is 35.2 Å². The number of halogens is 2. The maximum Gasteiger partial charge on any atom is 0.235 e. The first-order valence-electron chi connectivity index (χ1n) is 6.68. The Morgan fingerprint density at radius 2 is 2.32 bits per heavy atom. The second-order valence-corrected chi connectivity index (χ2v) is 6.43. The molecule has 1 aliphatic heterocycles. The molecule has 1 heterocycles. The van der Waals surface area contributed by atoms with Crippen molar-refractivity contribution in [2.75, 3.05) is 13.2 Å². The van der Waals surface area contributed by atoms with Crippen LogP contribution in [0.1, 0.15) is 18.9 Å². The molecule has 1 radical (unpaired) electrons. The van der Waals surface area contributed by atoms with Crippen LogP contribution < -0.4 is 4.74 Å². The van der Waals surface area contributed by atoms with Gasteiger partial charge in [0.2, 0.25) is 5.91 Å². The Hall–Kier alpha value is 0.0939. The van der Waals surface area contributed by atoms with Crippen molar-refractivity contribution in [3.63, 3.8) is 0 Å². The van der Waals surface area contributed by atoms with Gasteiger partial charge in [-0.3, -0.25) is 4.79 Å². The molecule has 0 N–H and O–H groups in total. The summed E-state index contributed by atoms with van der Waals surface area (Å²) in [5, 5.41) is 0.553. The van der Waals surface area contributed by atoms with Crippen LogP contribution in [0.25, 0.3) is 5.70 Å². The average molecular weight is 506 g/mol. The Kier molecular flexibility index (Phi) is 8.61. The minimum atomic E-state index is -0.0553. The number of allylic oxidation sites excluding steroid dienone is 1. The van der Waals surface area contributed by atoms with Crippen LogP contribution in [0.15, 0.2) is 30.9 Å². The number of hydrogen-bond acceptors (Lipinski definition) is 2. The molecule has 2 rings (SSSR count). The molecule has 1 aromatic rings. The number of hydrogen-bond donors (Lipinski definition) is 0. The fourth-order valence-electron chi connectivity index (χ4n) is 2.14. The monoisotopic (exact) mass is 505 g/mol. The van der Waals surface area contributed by atoms with Gasteiger partial charge in [0.05, 0.1) is 3.92 Å². The van der Waals surface area contributed by atoms with E-state index < -0.39 is 0 Å². The summed E-state index contributed by atoms with van der Waals surface area (Å²) in [7, 11) is 0. The van der Waals surface area contributed by atoms with Crippen LogP contribution in [-0.4, -0.2) is 27.9 Å². The normalized spacial score (nSPS) is 17.6. The predicted molar refractivity (Wildman–Crippen MR) is 93.6 cm³/mol. The Bertz CT molecular complexity index is 592. The molecular weight excluding hydrogens is 489 g/mol. The maximum atomic E-state index is 12.2. The molecule has 0 saturated carbocycles. The standard InChI is InChI=1S/C16H16ClINO2.Y/c1-3-9-21-11-5-6-12(13(17)10-11)15-8-7-14(18)16(20)19(15)4-2;/h3,5-6,10,14H,1,4,7,9H2,2H3;/q-1;. The Morgan fingerprint density at radius 1 is 1.59 bits per heavy atom. The number of benzene rings is 1. The maximum absolute atomic E-state index is 12.2. The summed E-state index contributed by atoms with van der Waals surface area (Å²) in [5.41, 5.74) is 1.57. The van der Waals surface area contributed by atoms with Gasteiger partial charge in [0.15, 0.2) is 0 Å². The molecule has 0 spiro atoms. The number of nitrogens with zero attached hydrogens (tertiary/aromatic N) is 1. The van der Waals surface area contributed by atoms with Gasteiger partial charge >= 0.3 is 0 Å². The van der Waals surface area contributed by atoms with Gasteiger partial charge in [-0.2, -0.15) is 0 Å². The van der Waals surface area contributed by atoms with Crippen LogP contribution in [-0.2, 0) is 37.5 Å². The Morgan fingerprint density at radius 3 is 2.91 bits per heavy atom.